The molecule has 0 atom stereocenters. The predicted molar refractivity (Wildman–Crippen MR) is 118 cm³/mol. The van der Waals surface area contributed by atoms with Crippen LogP contribution in [0.4, 0.5) is 9.18 Å². The normalized spacial score (nSPS) is 11.4. The molecule has 1 heterocycles. The first-order chi connectivity index (χ1) is 14.7. The molecule has 0 aliphatic rings. The highest BCUT2D eigenvalue weighted by atomic mass is 79.9. The van der Waals surface area contributed by atoms with Crippen LogP contribution in [0.5, 0.6) is 0 Å². The fourth-order valence-electron chi connectivity index (χ4n) is 2.63. The van der Waals surface area contributed by atoms with Crippen molar-refractivity contribution in [1.82, 2.24) is 20.0 Å². The van der Waals surface area contributed by atoms with E-state index in [2.05, 4.69) is 40.7 Å². The minimum Gasteiger partial charge on any atom is -0.453 e. The number of H-pyrrole nitrogens is 1. The van der Waals surface area contributed by atoms with Gasteiger partial charge in [-0.15, -0.1) is 0 Å². The Hall–Kier alpha value is -2.47. The van der Waals surface area contributed by atoms with E-state index >= 15 is 0 Å². The molecule has 0 saturated heterocycles. The maximum absolute atomic E-state index is 13.8. The van der Waals surface area contributed by atoms with Crippen LogP contribution in [0.3, 0.4) is 0 Å². The van der Waals surface area contributed by atoms with Crippen LogP contribution < -0.4 is 10.0 Å². The molecule has 8 nitrogen and oxygen atoms in total. The van der Waals surface area contributed by atoms with Gasteiger partial charge >= 0.3 is 6.09 Å². The van der Waals surface area contributed by atoms with Gasteiger partial charge in [-0.1, -0.05) is 17.7 Å². The second kappa shape index (κ2) is 9.77. The quantitative estimate of drug-likeness (QED) is 0.400. The number of nitrogens with zero attached hydrogens (tertiary/aromatic N) is 1. The van der Waals surface area contributed by atoms with Crippen molar-refractivity contribution in [3.63, 3.8) is 0 Å². The first kappa shape index (κ1) is 23.2. The van der Waals surface area contributed by atoms with Gasteiger partial charge < -0.3 is 15.0 Å². The van der Waals surface area contributed by atoms with Gasteiger partial charge in [0.1, 0.15) is 16.5 Å². The number of benzene rings is 2. The first-order valence-electron chi connectivity index (χ1n) is 8.83. The molecular formula is C19H17BrClFN4O4S. The number of alkyl carbamates (subject to hydrolysis) is 1. The standard InChI is InChI=1S/C19H17BrClFN4O4S/c1-30-19(27)23-6-7-25-31(28,29)17-9-12(3-5-14(17)21)18-24-10-16(26-18)11-2-4-13(20)15(22)8-11/h2-5,8-10,25H,6-7H2,1H3,(H,23,27)(H,24,26). The maximum atomic E-state index is 13.8. The van der Waals surface area contributed by atoms with E-state index in [9.17, 15) is 17.6 Å². The number of amides is 1. The number of halogens is 3. The highest BCUT2D eigenvalue weighted by molar-refractivity contribution is 9.10. The van der Waals surface area contributed by atoms with Crippen LogP contribution in [-0.2, 0) is 14.8 Å². The number of aromatic amines is 1. The SMILES string of the molecule is COC(=O)NCCNS(=O)(=O)c1cc(-c2nc(-c3ccc(Br)c(F)c3)c[nH]2)ccc1Cl. The van der Waals surface area contributed by atoms with E-state index in [4.69, 9.17) is 11.6 Å². The molecule has 0 aliphatic heterocycles. The Morgan fingerprint density at radius 2 is 1.97 bits per heavy atom. The van der Waals surface area contributed by atoms with Crippen LogP contribution in [0.2, 0.25) is 5.02 Å². The molecule has 3 N–H and O–H groups in total. The summed E-state index contributed by atoms with van der Waals surface area (Å²) in [5, 5.41) is 2.39. The Balaban J connectivity index is 1.81. The van der Waals surface area contributed by atoms with Crippen molar-refractivity contribution in [3.8, 4) is 22.6 Å². The van der Waals surface area contributed by atoms with Crippen LogP contribution >= 0.6 is 27.5 Å². The molecule has 12 heteroatoms. The van der Waals surface area contributed by atoms with Crippen molar-refractivity contribution < 1.29 is 22.3 Å². The second-order valence-electron chi connectivity index (χ2n) is 6.22. The van der Waals surface area contributed by atoms with E-state index < -0.39 is 21.9 Å². The lowest BCUT2D eigenvalue weighted by Crippen LogP contribution is -2.34. The van der Waals surface area contributed by atoms with Gasteiger partial charge in [0.2, 0.25) is 10.0 Å². The monoisotopic (exact) mass is 530 g/mol. The Morgan fingerprint density at radius 3 is 2.68 bits per heavy atom. The summed E-state index contributed by atoms with van der Waals surface area (Å²) in [4.78, 5) is 18.3. The third kappa shape index (κ3) is 5.62. The van der Waals surface area contributed by atoms with E-state index in [1.54, 1.807) is 24.4 Å². The summed E-state index contributed by atoms with van der Waals surface area (Å²) in [5.41, 5.74) is 1.53. The third-order valence-electron chi connectivity index (χ3n) is 4.16. The van der Waals surface area contributed by atoms with Gasteiger partial charge in [-0.3, -0.25) is 0 Å². The summed E-state index contributed by atoms with van der Waals surface area (Å²) in [5.74, 6) is -0.0338. The molecule has 0 spiro atoms. The van der Waals surface area contributed by atoms with Crippen molar-refractivity contribution in [2.45, 2.75) is 4.90 Å². The molecule has 2 aromatic carbocycles. The first-order valence-corrected chi connectivity index (χ1v) is 11.5. The van der Waals surface area contributed by atoms with Crippen LogP contribution in [-0.4, -0.2) is 44.7 Å². The third-order valence-corrected chi connectivity index (χ3v) is 6.74. The number of carbonyl (C=O) groups excluding carboxylic acids is 1. The summed E-state index contributed by atoms with van der Waals surface area (Å²) < 4.78 is 46.2. The number of hydrogen-bond acceptors (Lipinski definition) is 5. The fraction of sp³-hybridized carbons (Fsp3) is 0.158. The smallest absolute Gasteiger partial charge is 0.406 e. The molecule has 0 aliphatic carbocycles. The number of imidazole rings is 1. The Morgan fingerprint density at radius 1 is 1.23 bits per heavy atom. The van der Waals surface area contributed by atoms with Gasteiger partial charge in [-0.05, 0) is 46.3 Å². The molecule has 0 unspecified atom stereocenters. The molecular weight excluding hydrogens is 515 g/mol. The number of carbonyl (C=O) groups is 1. The molecule has 1 aromatic heterocycles. The Bertz CT molecular complexity index is 1220. The Kier molecular flexibility index (Phi) is 7.31. The molecule has 0 saturated carbocycles. The largest absolute Gasteiger partial charge is 0.453 e. The lowest BCUT2D eigenvalue weighted by molar-refractivity contribution is 0.171. The molecule has 0 radical (unpaired) electrons. The number of methoxy groups -OCH3 is 1. The van der Waals surface area contributed by atoms with Gasteiger partial charge in [0.25, 0.3) is 0 Å². The molecule has 164 valence electrons. The van der Waals surface area contributed by atoms with Gasteiger partial charge in [-0.2, -0.15) is 0 Å². The number of aromatic nitrogens is 2. The zero-order valence-electron chi connectivity index (χ0n) is 16.1. The predicted octanol–water partition coefficient (Wildman–Crippen LogP) is 3.93. The maximum Gasteiger partial charge on any atom is 0.406 e. The number of hydrogen-bond donors (Lipinski definition) is 3. The van der Waals surface area contributed by atoms with E-state index in [1.807, 2.05) is 0 Å². The minimum absolute atomic E-state index is 0.0268. The summed E-state index contributed by atoms with van der Waals surface area (Å²) in [6.07, 6.45) is 0.927. The van der Waals surface area contributed by atoms with Crippen molar-refractivity contribution in [2.75, 3.05) is 20.2 Å². The van der Waals surface area contributed by atoms with Crippen LogP contribution in [0, 0.1) is 5.82 Å². The average Bonchev–Trinajstić information content (AvgIpc) is 3.23. The second-order valence-corrected chi connectivity index (χ2v) is 9.22. The van der Waals surface area contributed by atoms with Crippen LogP contribution in [0.1, 0.15) is 0 Å². The van der Waals surface area contributed by atoms with Crippen LogP contribution in [0.15, 0.2) is 52.0 Å². The highest BCUT2D eigenvalue weighted by Crippen LogP contribution is 2.29. The molecule has 31 heavy (non-hydrogen) atoms. The average molecular weight is 532 g/mol. The minimum atomic E-state index is -3.95. The van der Waals surface area contributed by atoms with E-state index in [-0.39, 0.29) is 23.0 Å². The molecule has 3 aromatic rings. The lowest BCUT2D eigenvalue weighted by atomic mass is 10.2. The van der Waals surface area contributed by atoms with Crippen molar-refractivity contribution in [2.24, 2.45) is 0 Å². The van der Waals surface area contributed by atoms with Crippen molar-refractivity contribution >= 4 is 43.6 Å². The zero-order valence-corrected chi connectivity index (χ0v) is 19.2. The zero-order chi connectivity index (χ0) is 22.6. The summed E-state index contributed by atoms with van der Waals surface area (Å²) in [6, 6.07) is 9.06. The molecule has 1 amide bonds. The van der Waals surface area contributed by atoms with Gasteiger partial charge in [0, 0.05) is 30.4 Å². The lowest BCUT2D eigenvalue weighted by Gasteiger charge is -2.10. The highest BCUT2D eigenvalue weighted by Gasteiger charge is 2.19. The molecule has 0 fully saturated rings. The number of rotatable bonds is 7. The number of ether oxygens (including phenoxy) is 1. The fourth-order valence-corrected chi connectivity index (χ4v) is 4.43. The topological polar surface area (TPSA) is 113 Å². The Labute approximate surface area is 191 Å². The van der Waals surface area contributed by atoms with E-state index in [0.717, 1.165) is 0 Å². The van der Waals surface area contributed by atoms with Crippen molar-refractivity contribution in [3.05, 3.63) is 57.9 Å². The summed E-state index contributed by atoms with van der Waals surface area (Å²) >= 11 is 9.21. The summed E-state index contributed by atoms with van der Waals surface area (Å²) in [7, 11) is -2.75. The molecule has 0 bridgehead atoms. The molecule has 3 rings (SSSR count). The number of nitrogens with one attached hydrogen (secondary N) is 3. The van der Waals surface area contributed by atoms with E-state index in [0.29, 0.717) is 27.1 Å². The van der Waals surface area contributed by atoms with Crippen molar-refractivity contribution in [1.29, 1.82) is 0 Å². The van der Waals surface area contributed by atoms with Gasteiger partial charge in [0.05, 0.1) is 22.3 Å². The number of sulfonamides is 1. The van der Waals surface area contributed by atoms with Crippen LogP contribution in [0.25, 0.3) is 22.6 Å². The van der Waals surface area contributed by atoms with E-state index in [1.165, 1.54) is 25.3 Å². The van der Waals surface area contributed by atoms with Gasteiger partial charge in [0.15, 0.2) is 0 Å². The summed E-state index contributed by atoms with van der Waals surface area (Å²) in [6.45, 7) is -0.0213. The van der Waals surface area contributed by atoms with Gasteiger partial charge in [-0.25, -0.2) is 27.3 Å².